The summed E-state index contributed by atoms with van der Waals surface area (Å²) >= 11 is 8.07. The number of benzene rings is 1. The molecule has 2 aliphatic heterocycles. The van der Waals surface area contributed by atoms with Gasteiger partial charge in [0.2, 0.25) is 5.91 Å². The van der Waals surface area contributed by atoms with Crippen molar-refractivity contribution < 1.29 is 14.3 Å². The number of halogens is 1. The second-order valence-corrected chi connectivity index (χ2v) is 9.25. The molecule has 1 aromatic carbocycles. The third-order valence-electron chi connectivity index (χ3n) is 5.80. The van der Waals surface area contributed by atoms with E-state index in [1.807, 2.05) is 41.8 Å². The molecule has 0 radical (unpaired) electrons. The Bertz CT molecular complexity index is 975. The highest BCUT2D eigenvalue weighted by Crippen LogP contribution is 2.37. The van der Waals surface area contributed by atoms with Crippen LogP contribution in [0.2, 0.25) is 5.02 Å². The quantitative estimate of drug-likeness (QED) is 0.617. The fourth-order valence-electron chi connectivity index (χ4n) is 3.99. The first kappa shape index (κ1) is 22.9. The Hall–Kier alpha value is -2.26. The molecule has 0 bridgehead atoms. The Balaban J connectivity index is 1.51. The molecule has 4 rings (SSSR count). The minimum atomic E-state index is -0.290. The van der Waals surface area contributed by atoms with Crippen molar-refractivity contribution in [2.45, 2.75) is 19.4 Å². The van der Waals surface area contributed by atoms with Gasteiger partial charge in [0.05, 0.1) is 29.8 Å². The van der Waals surface area contributed by atoms with Crippen LogP contribution in [-0.2, 0) is 14.3 Å². The normalized spacial score (nSPS) is 19.1. The van der Waals surface area contributed by atoms with E-state index in [1.165, 1.54) is 11.9 Å². The minimum Gasteiger partial charge on any atom is -0.379 e. The molecule has 170 valence electrons. The Kier molecular flexibility index (Phi) is 7.57. The topological polar surface area (TPSA) is 65.5 Å². The number of thiophene rings is 1. The van der Waals surface area contributed by atoms with Crippen molar-refractivity contribution in [3.8, 4) is 0 Å². The molecule has 2 aromatic rings. The van der Waals surface area contributed by atoms with E-state index in [0.717, 1.165) is 29.2 Å². The van der Waals surface area contributed by atoms with Gasteiger partial charge in [0.25, 0.3) is 5.91 Å². The zero-order chi connectivity index (χ0) is 22.5. The fraction of sp³-hybridized carbons (Fsp3) is 0.435. The summed E-state index contributed by atoms with van der Waals surface area (Å²) in [5.41, 5.74) is 1.72. The molecule has 2 amide bonds. The van der Waals surface area contributed by atoms with Crippen LogP contribution in [-0.4, -0.2) is 78.3 Å². The van der Waals surface area contributed by atoms with Crippen molar-refractivity contribution >= 4 is 40.5 Å². The molecule has 0 saturated carbocycles. The lowest BCUT2D eigenvalue weighted by molar-refractivity contribution is -0.140. The molecular formula is C23H27ClN4O3S. The smallest absolute Gasteiger partial charge is 0.262 e. The first-order valence-electron chi connectivity index (χ1n) is 10.8. The lowest BCUT2D eigenvalue weighted by atomic mass is 10.0. The van der Waals surface area contributed by atoms with E-state index in [1.54, 1.807) is 16.2 Å². The predicted octanol–water partition coefficient (Wildman–Crippen LogP) is 3.26. The van der Waals surface area contributed by atoms with Gasteiger partial charge in [-0.2, -0.15) is 5.10 Å². The summed E-state index contributed by atoms with van der Waals surface area (Å²) in [5.74, 6) is -0.332. The number of hydrazone groups is 1. The fourth-order valence-corrected chi connectivity index (χ4v) is 4.97. The van der Waals surface area contributed by atoms with E-state index < -0.39 is 0 Å². The molecule has 0 spiro atoms. The van der Waals surface area contributed by atoms with Crippen molar-refractivity contribution in [2.24, 2.45) is 5.10 Å². The van der Waals surface area contributed by atoms with Gasteiger partial charge >= 0.3 is 0 Å². The summed E-state index contributed by atoms with van der Waals surface area (Å²) in [7, 11) is 0. The lowest BCUT2D eigenvalue weighted by Crippen LogP contribution is -2.45. The van der Waals surface area contributed by atoms with Crippen molar-refractivity contribution in [1.29, 1.82) is 0 Å². The molecule has 0 unspecified atom stereocenters. The van der Waals surface area contributed by atoms with Crippen LogP contribution in [0.5, 0.6) is 0 Å². The lowest BCUT2D eigenvalue weighted by Gasteiger charge is -2.30. The van der Waals surface area contributed by atoms with Crippen molar-refractivity contribution in [3.05, 3.63) is 57.2 Å². The number of morpholine rings is 1. The second kappa shape index (κ2) is 10.6. The van der Waals surface area contributed by atoms with Crippen molar-refractivity contribution in [3.63, 3.8) is 0 Å². The molecular weight excluding hydrogens is 448 g/mol. The Morgan fingerprint density at radius 1 is 1.22 bits per heavy atom. The molecule has 0 aliphatic carbocycles. The number of ether oxygens (including phenoxy) is 1. The summed E-state index contributed by atoms with van der Waals surface area (Å²) in [6, 6.07) is 11.2. The number of hydrogen-bond acceptors (Lipinski definition) is 6. The summed E-state index contributed by atoms with van der Waals surface area (Å²) in [6.07, 6.45) is 0.587. The van der Waals surface area contributed by atoms with E-state index in [0.29, 0.717) is 37.7 Å². The molecule has 1 aromatic heterocycles. The highest BCUT2D eigenvalue weighted by molar-refractivity contribution is 7.12. The van der Waals surface area contributed by atoms with Crippen LogP contribution in [0.15, 0.2) is 46.9 Å². The minimum absolute atomic E-state index is 0.0121. The number of carbonyl (C=O) groups excluding carboxylic acids is 2. The molecule has 32 heavy (non-hydrogen) atoms. The molecule has 9 heteroatoms. The van der Waals surface area contributed by atoms with Gasteiger partial charge < -0.3 is 9.64 Å². The zero-order valence-electron chi connectivity index (χ0n) is 18.1. The maximum absolute atomic E-state index is 13.4. The molecule has 3 heterocycles. The van der Waals surface area contributed by atoms with E-state index in [9.17, 15) is 9.59 Å². The first-order chi connectivity index (χ1) is 15.5. The zero-order valence-corrected chi connectivity index (χ0v) is 19.6. The number of nitrogens with zero attached hydrogens (tertiary/aromatic N) is 4. The van der Waals surface area contributed by atoms with Gasteiger partial charge in [-0.1, -0.05) is 35.9 Å². The summed E-state index contributed by atoms with van der Waals surface area (Å²) in [6.45, 7) is 5.79. The number of hydrogen-bond donors (Lipinski definition) is 0. The summed E-state index contributed by atoms with van der Waals surface area (Å²) in [5, 5.41) is 8.80. The Labute approximate surface area is 197 Å². The monoisotopic (exact) mass is 474 g/mol. The Morgan fingerprint density at radius 3 is 2.69 bits per heavy atom. The molecule has 7 nitrogen and oxygen atoms in total. The summed E-state index contributed by atoms with van der Waals surface area (Å²) in [4.78, 5) is 30.5. The van der Waals surface area contributed by atoms with Gasteiger partial charge in [-0.3, -0.25) is 14.5 Å². The molecule has 2 aliphatic rings. The molecule has 1 atom stereocenters. The van der Waals surface area contributed by atoms with Gasteiger partial charge in [0, 0.05) is 44.5 Å². The van der Waals surface area contributed by atoms with Crippen LogP contribution in [0.3, 0.4) is 0 Å². The van der Waals surface area contributed by atoms with E-state index in [4.69, 9.17) is 16.3 Å². The average molecular weight is 475 g/mol. The molecule has 1 fully saturated rings. The van der Waals surface area contributed by atoms with Crippen LogP contribution in [0.4, 0.5) is 0 Å². The summed E-state index contributed by atoms with van der Waals surface area (Å²) < 4.78 is 5.38. The van der Waals surface area contributed by atoms with Gasteiger partial charge in [-0.25, -0.2) is 5.01 Å². The highest BCUT2D eigenvalue weighted by Gasteiger charge is 2.35. The van der Waals surface area contributed by atoms with Crippen LogP contribution in [0.1, 0.15) is 29.8 Å². The van der Waals surface area contributed by atoms with Crippen LogP contribution in [0, 0.1) is 0 Å². The van der Waals surface area contributed by atoms with Crippen LogP contribution in [0.25, 0.3) is 0 Å². The van der Waals surface area contributed by atoms with Gasteiger partial charge in [-0.05, 0) is 23.1 Å². The number of amides is 2. The van der Waals surface area contributed by atoms with Gasteiger partial charge in [-0.15, -0.1) is 11.3 Å². The van der Waals surface area contributed by atoms with Crippen molar-refractivity contribution in [2.75, 3.05) is 45.9 Å². The second-order valence-electron chi connectivity index (χ2n) is 7.90. The number of carbonyl (C=O) groups is 2. The average Bonchev–Trinajstić information content (AvgIpc) is 3.47. The Morgan fingerprint density at radius 2 is 2.00 bits per heavy atom. The predicted molar refractivity (Wildman–Crippen MR) is 126 cm³/mol. The molecule has 0 N–H and O–H groups in total. The van der Waals surface area contributed by atoms with E-state index in [-0.39, 0.29) is 24.4 Å². The largest absolute Gasteiger partial charge is 0.379 e. The van der Waals surface area contributed by atoms with Gasteiger partial charge in [0.15, 0.2) is 0 Å². The third-order valence-corrected chi connectivity index (χ3v) is 7.06. The van der Waals surface area contributed by atoms with Crippen LogP contribution >= 0.6 is 22.9 Å². The standard InChI is InChI=1S/C23H27ClN4O3S/c1-17(29)27(9-8-26-10-12-31-13-11-26)16-23(30)28-21(18-5-2-3-6-19(18)24)15-20(25-28)22-7-4-14-32-22/h2-7,14,21H,8-13,15-16H2,1H3/t21-/m1/s1. The molecule has 1 saturated heterocycles. The maximum atomic E-state index is 13.4. The van der Waals surface area contributed by atoms with Gasteiger partial charge in [0.1, 0.15) is 6.54 Å². The van der Waals surface area contributed by atoms with Crippen molar-refractivity contribution in [1.82, 2.24) is 14.8 Å². The first-order valence-corrected chi connectivity index (χ1v) is 12.0. The maximum Gasteiger partial charge on any atom is 0.262 e. The third kappa shape index (κ3) is 5.38. The van der Waals surface area contributed by atoms with Crippen LogP contribution < -0.4 is 0 Å². The van der Waals surface area contributed by atoms with E-state index in [2.05, 4.69) is 10.0 Å². The number of rotatable bonds is 7. The highest BCUT2D eigenvalue weighted by atomic mass is 35.5. The van der Waals surface area contributed by atoms with E-state index >= 15 is 0 Å². The SMILES string of the molecule is CC(=O)N(CCN1CCOCC1)CC(=O)N1N=C(c2cccs2)C[C@@H]1c1ccccc1Cl.